The number of nitrogens with zero attached hydrogens (tertiary/aromatic N) is 1. The Kier molecular flexibility index (Phi) is 8.28. The molecule has 0 saturated heterocycles. The summed E-state index contributed by atoms with van der Waals surface area (Å²) in [6.07, 6.45) is 7.69. The average Bonchev–Trinajstić information content (AvgIpc) is 3.09. The third-order valence-electron chi connectivity index (χ3n) is 5.77. The summed E-state index contributed by atoms with van der Waals surface area (Å²) in [4.78, 5) is 0. The molecule has 0 aliphatic rings. The monoisotopic (exact) mass is 428 g/mol. The topological polar surface area (TPSA) is 30.4 Å². The van der Waals surface area contributed by atoms with Gasteiger partial charge in [0.1, 0.15) is 5.82 Å². The molecule has 162 valence electrons. The Morgan fingerprint density at radius 3 is 2.43 bits per heavy atom. The zero-order valence-corrected chi connectivity index (χ0v) is 19.8. The van der Waals surface area contributed by atoms with Gasteiger partial charge in [-0.25, -0.2) is 4.39 Å². The first-order valence-electron chi connectivity index (χ1n) is 10.8. The predicted octanol–water partition coefficient (Wildman–Crippen LogP) is 7.43. The summed E-state index contributed by atoms with van der Waals surface area (Å²) < 4.78 is 16.5. The van der Waals surface area contributed by atoms with Crippen LogP contribution in [0, 0.1) is 12.7 Å². The summed E-state index contributed by atoms with van der Waals surface area (Å²) in [6, 6.07) is 9.43. The van der Waals surface area contributed by atoms with E-state index >= 15 is 0 Å². The molecule has 0 aliphatic heterocycles. The van der Waals surface area contributed by atoms with Crippen molar-refractivity contribution in [1.29, 1.82) is 0 Å². The van der Waals surface area contributed by atoms with Crippen molar-refractivity contribution in [3.63, 3.8) is 0 Å². The van der Waals surface area contributed by atoms with Crippen LogP contribution in [0.4, 0.5) is 4.39 Å². The molecule has 0 saturated carbocycles. The van der Waals surface area contributed by atoms with Crippen molar-refractivity contribution in [3.05, 3.63) is 75.3 Å². The van der Waals surface area contributed by atoms with Crippen LogP contribution in [0.25, 0.3) is 17.7 Å². The fraction of sp³-hybridized carbons (Fsp3) is 0.385. The quantitative estimate of drug-likeness (QED) is 0.434. The van der Waals surface area contributed by atoms with Crippen LogP contribution in [0.1, 0.15) is 69.0 Å². The van der Waals surface area contributed by atoms with Gasteiger partial charge in [0.25, 0.3) is 0 Å². The Balaban J connectivity index is 0.00000155. The average molecular weight is 429 g/mol. The fourth-order valence-electron chi connectivity index (χ4n) is 3.75. The minimum Gasteiger partial charge on any atom is -0.330 e. The van der Waals surface area contributed by atoms with Crippen molar-refractivity contribution >= 4 is 29.3 Å². The molecule has 0 fully saturated rings. The van der Waals surface area contributed by atoms with Crippen molar-refractivity contribution < 1.29 is 4.39 Å². The highest BCUT2D eigenvalue weighted by Crippen LogP contribution is 2.33. The number of aryl methyl sites for hydroxylation is 1. The van der Waals surface area contributed by atoms with Gasteiger partial charge in [0, 0.05) is 29.4 Å². The highest BCUT2D eigenvalue weighted by atomic mass is 35.5. The molecular weight excluding hydrogens is 395 g/mol. The molecule has 0 unspecified atom stereocenters. The first-order chi connectivity index (χ1) is 14.3. The van der Waals surface area contributed by atoms with Crippen molar-refractivity contribution in [2.45, 2.75) is 59.8 Å². The van der Waals surface area contributed by atoms with E-state index in [-0.39, 0.29) is 10.4 Å². The van der Waals surface area contributed by atoms with E-state index in [1.54, 1.807) is 24.3 Å². The van der Waals surface area contributed by atoms with Gasteiger partial charge in [-0.15, -0.1) is 0 Å². The molecule has 0 spiro atoms. The number of fused-ring (bicyclic) bond motifs is 1. The number of halogens is 2. The highest BCUT2D eigenvalue weighted by molar-refractivity contribution is 6.30. The molecule has 0 atom stereocenters. The van der Waals surface area contributed by atoms with Gasteiger partial charge < -0.3 is 10.1 Å². The van der Waals surface area contributed by atoms with Gasteiger partial charge in [-0.1, -0.05) is 70.5 Å². The normalized spacial score (nSPS) is 11.8. The molecule has 2 heterocycles. The molecule has 0 amide bonds. The van der Waals surface area contributed by atoms with E-state index in [0.29, 0.717) is 12.1 Å². The standard InChI is InChI=1S/C24H28ClFN2.C2H6/c1-5-24(3,4)19-12-14-28-21(11-13-27)18(15-22(28)16(19)2)10-9-17-7-6-8-20(25)23(17)26;1-2/h6-10,12,14-15H,5,11,13,27H2,1-4H3;1-2H3/b10-9+;. The van der Waals surface area contributed by atoms with Gasteiger partial charge in [-0.2, -0.15) is 0 Å². The van der Waals surface area contributed by atoms with Crippen LogP contribution in [0.5, 0.6) is 0 Å². The fourth-order valence-corrected chi connectivity index (χ4v) is 3.94. The van der Waals surface area contributed by atoms with Crippen LogP contribution in [0.15, 0.2) is 36.5 Å². The van der Waals surface area contributed by atoms with Crippen molar-refractivity contribution in [3.8, 4) is 0 Å². The molecule has 3 aromatic rings. The minimum absolute atomic E-state index is 0.115. The van der Waals surface area contributed by atoms with Gasteiger partial charge in [-0.05, 0) is 60.2 Å². The van der Waals surface area contributed by atoms with Gasteiger partial charge >= 0.3 is 0 Å². The van der Waals surface area contributed by atoms with Crippen molar-refractivity contribution in [2.75, 3.05) is 6.54 Å². The zero-order chi connectivity index (χ0) is 22.5. The number of hydrogen-bond donors (Lipinski definition) is 1. The molecule has 30 heavy (non-hydrogen) atoms. The first-order valence-corrected chi connectivity index (χ1v) is 11.1. The minimum atomic E-state index is -0.396. The van der Waals surface area contributed by atoms with Crippen LogP contribution >= 0.6 is 11.6 Å². The molecule has 0 bridgehead atoms. The van der Waals surface area contributed by atoms with E-state index in [2.05, 4.69) is 50.4 Å². The molecule has 2 N–H and O–H groups in total. The second-order valence-electron chi connectivity index (χ2n) is 7.91. The Morgan fingerprint density at radius 1 is 1.13 bits per heavy atom. The van der Waals surface area contributed by atoms with E-state index in [9.17, 15) is 4.39 Å². The van der Waals surface area contributed by atoms with Gasteiger partial charge in [0.2, 0.25) is 0 Å². The summed E-state index contributed by atoms with van der Waals surface area (Å²) in [5.74, 6) is -0.396. The highest BCUT2D eigenvalue weighted by Gasteiger charge is 2.22. The molecule has 0 radical (unpaired) electrons. The molecule has 3 rings (SSSR count). The number of rotatable bonds is 6. The Hall–Kier alpha value is -2.10. The smallest absolute Gasteiger partial charge is 0.148 e. The lowest BCUT2D eigenvalue weighted by atomic mass is 9.80. The summed E-state index contributed by atoms with van der Waals surface area (Å²) in [6.45, 7) is 13.5. The second-order valence-corrected chi connectivity index (χ2v) is 8.32. The number of benzene rings is 1. The van der Waals surface area contributed by atoms with Crippen LogP contribution in [0.3, 0.4) is 0 Å². The van der Waals surface area contributed by atoms with Crippen LogP contribution in [-0.2, 0) is 11.8 Å². The maximum atomic E-state index is 14.2. The van der Waals surface area contributed by atoms with Crippen molar-refractivity contribution in [2.24, 2.45) is 5.73 Å². The van der Waals surface area contributed by atoms with Crippen LogP contribution < -0.4 is 5.73 Å². The lowest BCUT2D eigenvalue weighted by Gasteiger charge is -2.26. The van der Waals surface area contributed by atoms with E-state index in [0.717, 1.165) is 24.1 Å². The van der Waals surface area contributed by atoms with Gasteiger partial charge in [0.05, 0.1) is 5.02 Å². The first kappa shape index (κ1) is 24.2. The number of pyridine rings is 1. The molecular formula is C26H34ClFN2. The van der Waals surface area contributed by atoms with E-state index < -0.39 is 5.82 Å². The Morgan fingerprint density at radius 2 is 1.80 bits per heavy atom. The SMILES string of the molecule is CC.CCC(C)(C)c1ccn2c(CCN)c(/C=C/c3cccc(Cl)c3F)cc2c1C. The van der Waals surface area contributed by atoms with Crippen LogP contribution in [0.2, 0.25) is 5.02 Å². The summed E-state index contributed by atoms with van der Waals surface area (Å²) >= 11 is 5.91. The van der Waals surface area contributed by atoms with E-state index in [1.165, 1.54) is 16.6 Å². The van der Waals surface area contributed by atoms with E-state index in [1.807, 2.05) is 19.9 Å². The molecule has 2 aromatic heterocycles. The number of nitrogens with two attached hydrogens (primary N) is 1. The number of hydrogen-bond acceptors (Lipinski definition) is 1. The lowest BCUT2D eigenvalue weighted by molar-refractivity contribution is 0.503. The number of aromatic nitrogens is 1. The largest absolute Gasteiger partial charge is 0.330 e. The maximum absolute atomic E-state index is 14.2. The molecule has 0 aliphatic carbocycles. The second kappa shape index (κ2) is 10.3. The maximum Gasteiger partial charge on any atom is 0.148 e. The third-order valence-corrected chi connectivity index (χ3v) is 6.06. The Bertz CT molecular complexity index is 1030. The molecule has 2 nitrogen and oxygen atoms in total. The zero-order valence-electron chi connectivity index (χ0n) is 19.0. The van der Waals surface area contributed by atoms with Crippen LogP contribution in [-0.4, -0.2) is 10.9 Å². The third kappa shape index (κ3) is 4.79. The summed E-state index contributed by atoms with van der Waals surface area (Å²) in [5, 5.41) is 0.133. The van der Waals surface area contributed by atoms with Gasteiger partial charge in [0.15, 0.2) is 0 Å². The van der Waals surface area contributed by atoms with E-state index in [4.69, 9.17) is 17.3 Å². The Labute approximate surface area is 185 Å². The molecule has 1 aromatic carbocycles. The lowest BCUT2D eigenvalue weighted by Crippen LogP contribution is -2.17. The summed E-state index contributed by atoms with van der Waals surface area (Å²) in [7, 11) is 0. The van der Waals surface area contributed by atoms with Gasteiger partial charge in [-0.3, -0.25) is 0 Å². The molecule has 4 heteroatoms. The van der Waals surface area contributed by atoms with Crippen molar-refractivity contribution in [1.82, 2.24) is 4.40 Å². The summed E-state index contributed by atoms with van der Waals surface area (Å²) in [5.41, 5.74) is 12.5. The predicted molar refractivity (Wildman–Crippen MR) is 130 cm³/mol.